The molecule has 0 radical (unpaired) electrons. The maximum Gasteiger partial charge on any atom is 0.329 e. The molecule has 17 heavy (non-hydrogen) atoms. The quantitative estimate of drug-likeness (QED) is 0.723. The van der Waals surface area contributed by atoms with Gasteiger partial charge in [-0.15, -0.1) is 0 Å². The molecule has 0 aliphatic rings. The number of ether oxygens (including phenoxy) is 1. The van der Waals surface area contributed by atoms with Gasteiger partial charge >= 0.3 is 5.97 Å². The number of nitrogens with zero attached hydrogens (tertiary/aromatic N) is 2. The van der Waals surface area contributed by atoms with Crippen molar-refractivity contribution in [3.8, 4) is 5.75 Å². The number of amides is 1. The molecule has 1 rings (SSSR count). The molecule has 7 heteroatoms. The number of aryl methyl sites for hydroxylation is 1. The highest BCUT2D eigenvalue weighted by atomic mass is 16.5. The van der Waals surface area contributed by atoms with E-state index >= 15 is 0 Å². The molecular formula is C10H15N3O4. The zero-order chi connectivity index (χ0) is 12.8. The van der Waals surface area contributed by atoms with Crippen molar-refractivity contribution in [2.45, 2.75) is 26.4 Å². The molecule has 0 saturated carbocycles. The molecule has 1 aromatic heterocycles. The lowest BCUT2D eigenvalue weighted by atomic mass is 10.3. The Balaban J connectivity index is 2.51. The summed E-state index contributed by atoms with van der Waals surface area (Å²) < 4.78 is 6.89. The van der Waals surface area contributed by atoms with E-state index < -0.39 is 17.9 Å². The lowest BCUT2D eigenvalue weighted by molar-refractivity contribution is -0.142. The summed E-state index contributed by atoms with van der Waals surface area (Å²) in [6, 6.07) is -1.06. The number of carbonyl (C=O) groups excluding carboxylic acids is 1. The smallest absolute Gasteiger partial charge is 0.329 e. The van der Waals surface area contributed by atoms with E-state index in [9.17, 15) is 9.59 Å². The fourth-order valence-corrected chi connectivity index (χ4v) is 1.19. The van der Waals surface area contributed by atoms with Gasteiger partial charge in [0.25, 0.3) is 0 Å². The first-order valence-electron chi connectivity index (χ1n) is 5.18. The number of nitrogens with one attached hydrogen (secondary N) is 1. The molecule has 2 N–H and O–H groups in total. The van der Waals surface area contributed by atoms with Crippen LogP contribution in [0.1, 0.15) is 13.8 Å². The predicted octanol–water partition coefficient (Wildman–Crippen LogP) is -0.129. The van der Waals surface area contributed by atoms with Crippen molar-refractivity contribution in [1.82, 2.24) is 15.1 Å². The van der Waals surface area contributed by atoms with E-state index in [-0.39, 0.29) is 6.61 Å². The van der Waals surface area contributed by atoms with E-state index in [2.05, 4.69) is 10.4 Å². The fraction of sp³-hybridized carbons (Fsp3) is 0.500. The molecule has 1 unspecified atom stereocenters. The molecular weight excluding hydrogens is 226 g/mol. The molecule has 0 aromatic carbocycles. The molecule has 94 valence electrons. The first kappa shape index (κ1) is 13.0. The molecule has 0 spiro atoms. The van der Waals surface area contributed by atoms with Crippen molar-refractivity contribution in [3.63, 3.8) is 0 Å². The Hall–Kier alpha value is -2.05. The Bertz CT molecular complexity index is 402. The Morgan fingerprint density at radius 1 is 1.65 bits per heavy atom. The van der Waals surface area contributed by atoms with Crippen LogP contribution in [0, 0.1) is 0 Å². The number of carboxylic acid groups (broad SMARTS) is 1. The van der Waals surface area contributed by atoms with Crippen LogP contribution in [0.4, 0.5) is 0 Å². The monoisotopic (exact) mass is 241 g/mol. The van der Waals surface area contributed by atoms with Crippen molar-refractivity contribution >= 4 is 11.9 Å². The Morgan fingerprint density at radius 3 is 2.82 bits per heavy atom. The molecule has 0 aliphatic carbocycles. The van der Waals surface area contributed by atoms with Crippen LogP contribution in [0.2, 0.25) is 0 Å². The van der Waals surface area contributed by atoms with E-state index in [0.717, 1.165) is 0 Å². The van der Waals surface area contributed by atoms with E-state index in [1.807, 2.05) is 6.92 Å². The average molecular weight is 241 g/mol. The summed E-state index contributed by atoms with van der Waals surface area (Å²) in [5.41, 5.74) is 0. The zero-order valence-corrected chi connectivity index (χ0v) is 9.71. The highest BCUT2D eigenvalue weighted by Crippen LogP contribution is 2.08. The maximum atomic E-state index is 10.8. The number of carboxylic acids is 1. The highest BCUT2D eigenvalue weighted by molar-refractivity contribution is 5.82. The molecule has 1 atom stereocenters. The molecule has 1 heterocycles. The summed E-state index contributed by atoms with van der Waals surface area (Å²) >= 11 is 0. The van der Waals surface area contributed by atoms with Crippen molar-refractivity contribution in [1.29, 1.82) is 0 Å². The molecule has 0 saturated heterocycles. The topological polar surface area (TPSA) is 93.5 Å². The zero-order valence-electron chi connectivity index (χ0n) is 9.71. The van der Waals surface area contributed by atoms with Crippen LogP contribution in [-0.4, -0.2) is 39.4 Å². The summed E-state index contributed by atoms with van der Waals surface area (Å²) in [6.45, 7) is 3.75. The standard InChI is InChI=1S/C10H15N3O4/c1-3-13-5-8(4-11-13)17-6-9(10(15)16)12-7(2)14/h4-5,9H,3,6H2,1-2H3,(H,12,14)(H,15,16). The molecule has 1 amide bonds. The van der Waals surface area contributed by atoms with Gasteiger partial charge in [-0.2, -0.15) is 5.10 Å². The summed E-state index contributed by atoms with van der Waals surface area (Å²) in [5.74, 6) is -1.07. The third kappa shape index (κ3) is 4.13. The normalized spacial score (nSPS) is 11.9. The molecule has 7 nitrogen and oxygen atoms in total. The SMILES string of the molecule is CCn1cc(OCC(NC(C)=O)C(=O)O)cn1. The molecule has 0 fully saturated rings. The van der Waals surface area contributed by atoms with Crippen LogP contribution in [0.15, 0.2) is 12.4 Å². The second-order valence-corrected chi connectivity index (χ2v) is 3.43. The second-order valence-electron chi connectivity index (χ2n) is 3.43. The minimum atomic E-state index is -1.14. The van der Waals surface area contributed by atoms with Gasteiger partial charge in [0.15, 0.2) is 11.8 Å². The number of hydrogen-bond donors (Lipinski definition) is 2. The van der Waals surface area contributed by atoms with Gasteiger partial charge in [-0.25, -0.2) is 4.79 Å². The van der Waals surface area contributed by atoms with E-state index in [1.165, 1.54) is 13.1 Å². The number of rotatable bonds is 6. The molecule has 1 aromatic rings. The number of carbonyl (C=O) groups is 2. The largest absolute Gasteiger partial charge is 0.488 e. The summed E-state index contributed by atoms with van der Waals surface area (Å²) in [6.07, 6.45) is 3.16. The van der Waals surface area contributed by atoms with Crippen LogP contribution in [-0.2, 0) is 16.1 Å². The van der Waals surface area contributed by atoms with E-state index in [1.54, 1.807) is 10.9 Å². The molecule has 0 bridgehead atoms. The molecule has 0 aliphatic heterocycles. The van der Waals surface area contributed by atoms with Gasteiger partial charge in [0.05, 0.1) is 12.4 Å². The van der Waals surface area contributed by atoms with Gasteiger partial charge in [-0.05, 0) is 6.92 Å². The van der Waals surface area contributed by atoms with Gasteiger partial charge in [-0.3, -0.25) is 9.48 Å². The van der Waals surface area contributed by atoms with Gasteiger partial charge in [0.2, 0.25) is 5.91 Å². The minimum Gasteiger partial charge on any atom is -0.488 e. The first-order valence-corrected chi connectivity index (χ1v) is 5.18. The van der Waals surface area contributed by atoms with Gasteiger partial charge in [0, 0.05) is 13.5 Å². The predicted molar refractivity (Wildman–Crippen MR) is 58.6 cm³/mol. The number of aromatic nitrogens is 2. The summed E-state index contributed by atoms with van der Waals surface area (Å²) in [7, 11) is 0. The third-order valence-electron chi connectivity index (χ3n) is 2.03. The van der Waals surface area contributed by atoms with Crippen molar-refractivity contribution in [2.75, 3.05) is 6.61 Å². The Kier molecular flexibility index (Phi) is 4.50. The average Bonchev–Trinajstić information content (AvgIpc) is 2.71. The van der Waals surface area contributed by atoms with E-state index in [4.69, 9.17) is 9.84 Å². The van der Waals surface area contributed by atoms with Crippen LogP contribution in [0.3, 0.4) is 0 Å². The summed E-state index contributed by atoms with van der Waals surface area (Å²) in [5, 5.41) is 15.1. The van der Waals surface area contributed by atoms with Crippen LogP contribution >= 0.6 is 0 Å². The van der Waals surface area contributed by atoms with Gasteiger partial charge in [-0.1, -0.05) is 0 Å². The van der Waals surface area contributed by atoms with Crippen LogP contribution in [0.5, 0.6) is 5.75 Å². The number of aliphatic carboxylic acids is 1. The second kappa shape index (κ2) is 5.88. The van der Waals surface area contributed by atoms with E-state index in [0.29, 0.717) is 12.3 Å². The highest BCUT2D eigenvalue weighted by Gasteiger charge is 2.19. The Labute approximate surface area is 98.4 Å². The minimum absolute atomic E-state index is 0.135. The van der Waals surface area contributed by atoms with Crippen LogP contribution in [0.25, 0.3) is 0 Å². The Morgan fingerprint density at radius 2 is 2.35 bits per heavy atom. The van der Waals surface area contributed by atoms with Gasteiger partial charge < -0.3 is 15.2 Å². The maximum absolute atomic E-state index is 10.8. The lowest BCUT2D eigenvalue weighted by Crippen LogP contribution is -2.43. The summed E-state index contributed by atoms with van der Waals surface area (Å²) in [4.78, 5) is 21.6. The van der Waals surface area contributed by atoms with Crippen LogP contribution < -0.4 is 10.1 Å². The first-order chi connectivity index (χ1) is 8.02. The fourth-order valence-electron chi connectivity index (χ4n) is 1.19. The van der Waals surface area contributed by atoms with Crippen molar-refractivity contribution in [2.24, 2.45) is 0 Å². The lowest BCUT2D eigenvalue weighted by Gasteiger charge is -2.13. The van der Waals surface area contributed by atoms with Gasteiger partial charge in [0.1, 0.15) is 6.61 Å². The van der Waals surface area contributed by atoms with Crippen molar-refractivity contribution in [3.05, 3.63) is 12.4 Å². The van der Waals surface area contributed by atoms with Crippen molar-refractivity contribution < 1.29 is 19.4 Å². The number of hydrogen-bond acceptors (Lipinski definition) is 4. The third-order valence-corrected chi connectivity index (χ3v) is 2.03.